The number of fused-ring (bicyclic) bond motifs is 7. The number of benzene rings is 2. The Labute approximate surface area is 396 Å². The number of ether oxygens (including phenoxy) is 4. The Bertz CT molecular complexity index is 2490. The van der Waals surface area contributed by atoms with Crippen LogP contribution in [0.2, 0.25) is 16.6 Å². The molecule has 5 aliphatic rings. The summed E-state index contributed by atoms with van der Waals surface area (Å²) in [6, 6.07) is 6.35. The molecule has 2 unspecified atom stereocenters. The Hall–Kier alpha value is -4.58. The second kappa shape index (κ2) is 19.1. The van der Waals surface area contributed by atoms with E-state index in [-0.39, 0.29) is 65.2 Å². The number of methoxy groups -OCH3 is 1. The van der Waals surface area contributed by atoms with Crippen molar-refractivity contribution in [2.24, 2.45) is 10.8 Å². The molecule has 9 rings (SSSR count). The second-order valence-corrected chi connectivity index (χ2v) is 27.5. The van der Waals surface area contributed by atoms with Gasteiger partial charge in [0.25, 0.3) is 0 Å². The van der Waals surface area contributed by atoms with Crippen LogP contribution in [0.25, 0.3) is 32.9 Å². The second-order valence-electron chi connectivity index (χ2n) is 22.0. The number of pyridine rings is 1. The summed E-state index contributed by atoms with van der Waals surface area (Å²) in [6.45, 7) is 20.4. The molecule has 4 aromatic rings. The van der Waals surface area contributed by atoms with Crippen molar-refractivity contribution in [3.8, 4) is 34.5 Å². The zero-order valence-corrected chi connectivity index (χ0v) is 42.4. The Morgan fingerprint density at radius 1 is 0.910 bits per heavy atom. The summed E-state index contributed by atoms with van der Waals surface area (Å²) >= 11 is 0. The van der Waals surface area contributed by atoms with Gasteiger partial charge in [-0.25, -0.2) is 13.6 Å². The predicted molar refractivity (Wildman–Crippen MR) is 262 cm³/mol. The molecule has 2 aromatic heterocycles. The van der Waals surface area contributed by atoms with Gasteiger partial charge in [0.05, 0.1) is 29.6 Å². The number of nitrogens with zero attached hydrogens (tertiary/aromatic N) is 5. The van der Waals surface area contributed by atoms with Crippen LogP contribution >= 0.6 is 0 Å². The molecule has 3 saturated carbocycles. The molecule has 2 saturated heterocycles. The number of halogens is 2. The molecule has 1 N–H and O–H groups in total. The molecule has 67 heavy (non-hydrogen) atoms. The number of carbonyl (C=O) groups excluding carboxylic acids is 1. The Balaban J connectivity index is 1.24. The van der Waals surface area contributed by atoms with Crippen LogP contribution in [0.3, 0.4) is 0 Å². The highest BCUT2D eigenvalue weighted by Crippen LogP contribution is 2.59. The summed E-state index contributed by atoms with van der Waals surface area (Å²) in [5.74, 6) is 3.04. The van der Waals surface area contributed by atoms with E-state index in [1.165, 1.54) is 13.2 Å². The fourth-order valence-corrected chi connectivity index (χ4v) is 17.6. The Morgan fingerprint density at radius 2 is 1.54 bits per heavy atom. The zero-order valence-electron chi connectivity index (χ0n) is 41.4. The molecule has 0 radical (unpaired) electrons. The molecule has 2 aromatic carbocycles. The van der Waals surface area contributed by atoms with E-state index in [1.54, 1.807) is 24.4 Å². The van der Waals surface area contributed by atoms with E-state index >= 15 is 8.78 Å². The normalized spacial score (nSPS) is 22.9. The molecule has 11 nitrogen and oxygen atoms in total. The van der Waals surface area contributed by atoms with Crippen LogP contribution < -0.4 is 14.4 Å². The van der Waals surface area contributed by atoms with Crippen molar-refractivity contribution in [2.75, 3.05) is 45.1 Å². The lowest BCUT2D eigenvalue weighted by atomic mass is 9.52. The monoisotopic (exact) mass is 940 g/mol. The van der Waals surface area contributed by atoms with Gasteiger partial charge in [0.15, 0.2) is 12.6 Å². The standard InChI is InChI=1S/C53H71F2N5O6Si/c1-33(2)67(34(3)4,35(5)6)26-15-40-43(54)14-11-36-27-39(65-32-63-10)28-41(44(36)40)46-45(55)47-42(29-56-46)48(59-30-37-12-13-38(31-59)60(37)50(62)66-51(7,8)9)58-49(57-47)64-25-23-53-19-16-52(17-20-53,18-21-53)22-24-61/h11,14,27-29,33-35,37-38,61H,12-13,16-25,30-32H2,1-10H3. The van der Waals surface area contributed by atoms with Gasteiger partial charge in [-0.3, -0.25) is 9.88 Å². The van der Waals surface area contributed by atoms with Crippen molar-refractivity contribution in [1.29, 1.82) is 0 Å². The van der Waals surface area contributed by atoms with E-state index in [0.29, 0.717) is 69.6 Å². The molecule has 5 fully saturated rings. The van der Waals surface area contributed by atoms with Crippen LogP contribution in [-0.2, 0) is 9.47 Å². The van der Waals surface area contributed by atoms with Gasteiger partial charge in [-0.2, -0.15) is 9.97 Å². The van der Waals surface area contributed by atoms with Crippen LogP contribution in [0.15, 0.2) is 30.5 Å². The largest absolute Gasteiger partial charge is 0.468 e. The molecular weight excluding hydrogens is 869 g/mol. The van der Waals surface area contributed by atoms with E-state index in [4.69, 9.17) is 33.9 Å². The van der Waals surface area contributed by atoms with Crippen LogP contribution in [0.5, 0.6) is 11.8 Å². The van der Waals surface area contributed by atoms with Crippen molar-refractivity contribution >= 4 is 41.7 Å². The number of aliphatic hydroxyl groups is 1. The number of hydrogen-bond acceptors (Lipinski definition) is 10. The van der Waals surface area contributed by atoms with Gasteiger partial charge in [-0.1, -0.05) is 53.5 Å². The molecule has 3 aliphatic carbocycles. The van der Waals surface area contributed by atoms with E-state index < -0.39 is 25.3 Å². The third kappa shape index (κ3) is 9.46. The minimum atomic E-state index is -2.32. The minimum absolute atomic E-state index is 0.0282. The lowest BCUT2D eigenvalue weighted by Gasteiger charge is -2.53. The summed E-state index contributed by atoms with van der Waals surface area (Å²) in [7, 11) is -0.791. The lowest BCUT2D eigenvalue weighted by molar-refractivity contribution is -0.0335. The highest BCUT2D eigenvalue weighted by atomic mass is 28.3. The first-order valence-electron chi connectivity index (χ1n) is 24.6. The third-order valence-electron chi connectivity index (χ3n) is 16.0. The number of carbonyl (C=O) groups is 1. The SMILES string of the molecule is COCOc1cc(-c2ncc3c(N4CC5CCC(C4)N5C(=O)OC(C)(C)C)nc(OCCC45CCC(CCO)(CC4)CC5)nc3c2F)c2c(C#C[Si](C(C)C)(C(C)C)C(C)C)c(F)ccc2c1. The molecule has 2 aliphatic heterocycles. The van der Waals surface area contributed by atoms with Gasteiger partial charge in [0.1, 0.15) is 42.3 Å². The average molecular weight is 940 g/mol. The number of amides is 1. The van der Waals surface area contributed by atoms with Gasteiger partial charge < -0.3 is 29.0 Å². The van der Waals surface area contributed by atoms with E-state index in [0.717, 1.165) is 64.2 Å². The van der Waals surface area contributed by atoms with Crippen LogP contribution in [0.4, 0.5) is 19.4 Å². The fourth-order valence-electron chi connectivity index (χ4n) is 12.4. The number of piperazine rings is 1. The maximum absolute atomic E-state index is 17.9. The van der Waals surface area contributed by atoms with E-state index in [1.807, 2.05) is 25.7 Å². The Kier molecular flexibility index (Phi) is 13.9. The van der Waals surface area contributed by atoms with E-state index in [2.05, 4.69) is 57.9 Å². The number of hydrogen-bond donors (Lipinski definition) is 1. The van der Waals surface area contributed by atoms with Crippen molar-refractivity contribution in [1.82, 2.24) is 19.9 Å². The van der Waals surface area contributed by atoms with Gasteiger partial charge in [0.2, 0.25) is 0 Å². The highest BCUT2D eigenvalue weighted by molar-refractivity contribution is 6.90. The smallest absolute Gasteiger partial charge is 0.410 e. The molecule has 362 valence electrons. The summed E-state index contributed by atoms with van der Waals surface area (Å²) < 4.78 is 57.9. The number of anilines is 1. The van der Waals surface area contributed by atoms with E-state index in [9.17, 15) is 9.90 Å². The molecule has 4 bridgehead atoms. The maximum Gasteiger partial charge on any atom is 0.410 e. The van der Waals surface area contributed by atoms with Gasteiger partial charge in [-0.05, 0) is 136 Å². The zero-order chi connectivity index (χ0) is 48.1. The summed E-state index contributed by atoms with van der Waals surface area (Å²) in [4.78, 5) is 32.1. The molecule has 1 amide bonds. The van der Waals surface area contributed by atoms with Crippen molar-refractivity contribution in [3.63, 3.8) is 0 Å². The first-order chi connectivity index (χ1) is 31.8. The first kappa shape index (κ1) is 48.9. The van der Waals surface area contributed by atoms with Gasteiger partial charge in [-0.15, -0.1) is 5.54 Å². The van der Waals surface area contributed by atoms with Gasteiger partial charge >= 0.3 is 12.1 Å². The highest BCUT2D eigenvalue weighted by Gasteiger charge is 2.48. The number of rotatable bonds is 14. The minimum Gasteiger partial charge on any atom is -0.468 e. The summed E-state index contributed by atoms with van der Waals surface area (Å²) in [5.41, 5.74) is 4.91. The predicted octanol–water partition coefficient (Wildman–Crippen LogP) is 11.8. The maximum atomic E-state index is 17.9. The summed E-state index contributed by atoms with van der Waals surface area (Å²) in [5, 5.41) is 11.2. The Morgan fingerprint density at radius 3 is 2.12 bits per heavy atom. The fraction of sp³-hybridized carbons (Fsp3) is 0.623. The van der Waals surface area contributed by atoms with Crippen molar-refractivity contribution in [2.45, 2.75) is 161 Å². The first-order valence-corrected chi connectivity index (χ1v) is 26.8. The molecule has 2 atom stereocenters. The van der Waals surface area contributed by atoms with Crippen molar-refractivity contribution in [3.05, 3.63) is 47.7 Å². The summed E-state index contributed by atoms with van der Waals surface area (Å²) in [6.07, 6.45) is 11.2. The molecule has 0 spiro atoms. The molecular formula is C53H71F2N5O6Si. The number of aromatic nitrogens is 3. The van der Waals surface area contributed by atoms with Crippen molar-refractivity contribution < 1.29 is 37.6 Å². The third-order valence-corrected chi connectivity index (χ3v) is 22.3. The van der Waals surface area contributed by atoms with Crippen LogP contribution in [0, 0.1) is 33.9 Å². The van der Waals surface area contributed by atoms with Crippen LogP contribution in [-0.4, -0.2) is 97.0 Å². The van der Waals surface area contributed by atoms with Gasteiger partial charge in [0, 0.05) is 44.0 Å². The van der Waals surface area contributed by atoms with Crippen LogP contribution in [0.1, 0.15) is 132 Å². The lowest BCUT2D eigenvalue weighted by Crippen LogP contribution is -2.57. The topological polar surface area (TPSA) is 119 Å². The molecule has 14 heteroatoms. The average Bonchev–Trinajstić information content (AvgIpc) is 3.55. The number of aliphatic hydroxyl groups excluding tert-OH is 1. The molecule has 4 heterocycles. The quantitative estimate of drug-likeness (QED) is 0.0743.